The number of hydrogen-bond donors (Lipinski definition) is 0. The molecule has 24 heavy (non-hydrogen) atoms. The molecule has 0 heterocycles. The average Bonchev–Trinajstić information content (AvgIpc) is 2.24. The molecule has 0 bridgehead atoms. The van der Waals surface area contributed by atoms with Crippen LogP contribution in [0.5, 0.6) is 0 Å². The Morgan fingerprint density at radius 2 is 1.29 bits per heavy atom. The van der Waals surface area contributed by atoms with Gasteiger partial charge in [0.15, 0.2) is 0 Å². The van der Waals surface area contributed by atoms with Crippen molar-refractivity contribution in [1.82, 2.24) is 0 Å². The van der Waals surface area contributed by atoms with Crippen LogP contribution in [0.2, 0.25) is 0 Å². The Balaban J connectivity index is -0.000000107. The molecule has 0 aromatic heterocycles. The van der Waals surface area contributed by atoms with Crippen LogP contribution in [-0.4, -0.2) is 28.9 Å². The SMILES string of the molecule is CCC.CCCC[N-]C(=O)C[PH+](C(C)(C)C)C(C)(C)C.[CH3-].[Cl-].[Li+].[Ni+2]. The Hall–Kier alpha value is 1.28. The molecule has 2 nitrogen and oxygen atoms in total. The number of carbonyl (C=O) groups excluding carboxylic acids is 1. The van der Waals surface area contributed by atoms with Crippen LogP contribution in [0.1, 0.15) is 81.6 Å². The third-order valence-corrected chi connectivity index (χ3v) is 7.22. The summed E-state index contributed by atoms with van der Waals surface area (Å²) in [6.07, 6.45) is 4.06. The summed E-state index contributed by atoms with van der Waals surface area (Å²) in [5.41, 5.74) is 0. The molecule has 0 rings (SSSR count). The van der Waals surface area contributed by atoms with Gasteiger partial charge in [0, 0.05) is 7.92 Å². The zero-order valence-corrected chi connectivity index (χ0v) is 20.8. The second-order valence-corrected chi connectivity index (χ2v) is 11.8. The maximum atomic E-state index is 11.9. The minimum absolute atomic E-state index is 0. The number of hydrogen-bond acceptors (Lipinski definition) is 1. The summed E-state index contributed by atoms with van der Waals surface area (Å²) in [6.45, 7) is 20.6. The molecule has 0 spiro atoms. The van der Waals surface area contributed by atoms with E-state index in [9.17, 15) is 4.79 Å². The predicted molar refractivity (Wildman–Crippen MR) is 103 cm³/mol. The molecular formula is C18H41ClLiNNiOP+. The van der Waals surface area contributed by atoms with Gasteiger partial charge in [-0.2, -0.15) is 0 Å². The number of nitrogens with zero attached hydrogens (tertiary/aromatic N) is 1. The Kier molecular flexibility index (Phi) is 34.4. The molecule has 146 valence electrons. The van der Waals surface area contributed by atoms with Gasteiger partial charge in [0.05, 0.1) is 22.4 Å². The monoisotopic (exact) mass is 418 g/mol. The maximum Gasteiger partial charge on any atom is 2.00 e. The van der Waals surface area contributed by atoms with E-state index < -0.39 is 7.92 Å². The minimum Gasteiger partial charge on any atom is -1.00 e. The molecule has 1 amide bonds. The maximum absolute atomic E-state index is 11.9. The standard InChI is InChI=1S/C14H30NOP.C3H8.CH3.ClH.Li.Ni/c1-8-9-10-15-12(16)11-17(13(2,3)4)14(5,6)7;1-3-2;;;;/h8-11H2,1-7H3,(H,15,16);3H2,1-2H3;1H3;1H;;/q;;-1;;+1;+2/p-1. The van der Waals surface area contributed by atoms with Crippen LogP contribution >= 0.6 is 7.92 Å². The fourth-order valence-electron chi connectivity index (χ4n) is 2.22. The van der Waals surface area contributed by atoms with Crippen molar-refractivity contribution in [3.8, 4) is 0 Å². The first-order valence-electron chi connectivity index (χ1n) is 8.07. The molecule has 0 N–H and O–H groups in total. The normalized spacial score (nSPS) is 9.92. The van der Waals surface area contributed by atoms with Gasteiger partial charge in [-0.3, -0.25) is 0 Å². The van der Waals surface area contributed by atoms with Gasteiger partial charge in [0.25, 0.3) is 0 Å². The summed E-state index contributed by atoms with van der Waals surface area (Å²) >= 11 is 0. The molecule has 0 aliphatic heterocycles. The summed E-state index contributed by atoms with van der Waals surface area (Å²) in [6, 6.07) is 0. The van der Waals surface area contributed by atoms with Gasteiger partial charge in [0.2, 0.25) is 0 Å². The molecule has 0 atom stereocenters. The molecule has 0 aliphatic rings. The zero-order valence-electron chi connectivity index (χ0n) is 18.1. The van der Waals surface area contributed by atoms with Gasteiger partial charge in [-0.1, -0.05) is 40.0 Å². The van der Waals surface area contributed by atoms with Gasteiger partial charge in [-0.25, -0.2) is 0 Å². The van der Waals surface area contributed by atoms with Crippen molar-refractivity contribution in [3.63, 3.8) is 0 Å². The van der Waals surface area contributed by atoms with E-state index in [-0.39, 0.29) is 71.4 Å². The van der Waals surface area contributed by atoms with Gasteiger partial charge in [-0.05, 0) is 41.5 Å². The largest absolute Gasteiger partial charge is 2.00 e. The third-order valence-electron chi connectivity index (χ3n) is 2.94. The number of carbonyl (C=O) groups is 1. The third kappa shape index (κ3) is 23.3. The summed E-state index contributed by atoms with van der Waals surface area (Å²) < 4.78 is 0. The van der Waals surface area contributed by atoms with Crippen molar-refractivity contribution >= 4 is 13.8 Å². The second kappa shape index (κ2) is 20.6. The van der Waals surface area contributed by atoms with Gasteiger partial charge < -0.3 is 29.9 Å². The van der Waals surface area contributed by atoms with Crippen molar-refractivity contribution in [3.05, 3.63) is 12.7 Å². The molecule has 0 aromatic carbocycles. The molecular weight excluding hydrogens is 378 g/mol. The number of amides is 1. The number of rotatable bonds is 5. The van der Waals surface area contributed by atoms with E-state index >= 15 is 0 Å². The van der Waals surface area contributed by atoms with Crippen LogP contribution in [0.3, 0.4) is 0 Å². The zero-order chi connectivity index (χ0) is 16.4. The van der Waals surface area contributed by atoms with Crippen molar-refractivity contribution in [2.75, 3.05) is 12.7 Å². The van der Waals surface area contributed by atoms with E-state index in [1.807, 2.05) is 0 Å². The molecule has 6 heteroatoms. The van der Waals surface area contributed by atoms with E-state index in [0.717, 1.165) is 12.8 Å². The summed E-state index contributed by atoms with van der Waals surface area (Å²) in [7, 11) is -0.755. The van der Waals surface area contributed by atoms with Crippen molar-refractivity contribution in [2.45, 2.75) is 91.9 Å². The topological polar surface area (TPSA) is 31.2 Å². The van der Waals surface area contributed by atoms with Crippen LogP contribution in [-0.2, 0) is 21.3 Å². The van der Waals surface area contributed by atoms with Crippen LogP contribution in [0.4, 0.5) is 0 Å². The molecule has 0 radical (unpaired) electrons. The molecule has 0 aliphatic carbocycles. The first-order valence-corrected chi connectivity index (χ1v) is 9.78. The first kappa shape index (κ1) is 40.1. The van der Waals surface area contributed by atoms with E-state index in [0.29, 0.717) is 12.7 Å². The molecule has 0 aromatic rings. The predicted octanol–water partition coefficient (Wildman–Crippen LogP) is 0.370. The summed E-state index contributed by atoms with van der Waals surface area (Å²) in [4.78, 5) is 11.9. The average molecular weight is 420 g/mol. The van der Waals surface area contributed by atoms with Gasteiger partial charge >= 0.3 is 35.4 Å². The van der Waals surface area contributed by atoms with Crippen molar-refractivity contribution in [2.24, 2.45) is 0 Å². The van der Waals surface area contributed by atoms with Crippen LogP contribution in [0.15, 0.2) is 0 Å². The van der Waals surface area contributed by atoms with E-state index in [1.165, 1.54) is 6.42 Å². The Labute approximate surface area is 183 Å². The van der Waals surface area contributed by atoms with E-state index in [1.54, 1.807) is 0 Å². The fourth-order valence-corrected chi connectivity index (χ4v) is 5.95. The second-order valence-electron chi connectivity index (χ2n) is 7.49. The quantitative estimate of drug-likeness (QED) is 0.274. The smallest absolute Gasteiger partial charge is 1.00 e. The Morgan fingerprint density at radius 1 is 0.958 bits per heavy atom. The molecule has 0 fully saturated rings. The molecule has 0 unspecified atom stereocenters. The molecule has 0 saturated carbocycles. The van der Waals surface area contributed by atoms with Crippen LogP contribution < -0.4 is 31.3 Å². The van der Waals surface area contributed by atoms with Gasteiger partial charge in [-0.15, -0.1) is 6.54 Å². The number of halogens is 1. The van der Waals surface area contributed by atoms with E-state index in [4.69, 9.17) is 0 Å². The van der Waals surface area contributed by atoms with Crippen LogP contribution in [0, 0.1) is 7.43 Å². The van der Waals surface area contributed by atoms with Gasteiger partial charge in [0.1, 0.15) is 0 Å². The summed E-state index contributed by atoms with van der Waals surface area (Å²) in [5.74, 6) is 0.122. The van der Waals surface area contributed by atoms with Crippen molar-refractivity contribution in [1.29, 1.82) is 0 Å². The Bertz CT molecular complexity index is 255. The number of unbranched alkanes of at least 4 members (excludes halogenated alkanes) is 1. The summed E-state index contributed by atoms with van der Waals surface area (Å²) in [5, 5.41) is 4.66. The first-order chi connectivity index (χ1) is 9.00. The minimum atomic E-state index is -0.755. The van der Waals surface area contributed by atoms with Crippen LogP contribution in [0.25, 0.3) is 5.32 Å². The Morgan fingerprint density at radius 3 is 1.54 bits per heavy atom. The fraction of sp³-hybridized carbons (Fsp3) is 0.889. The van der Waals surface area contributed by atoms with E-state index in [2.05, 4.69) is 67.6 Å². The van der Waals surface area contributed by atoms with Crippen molar-refractivity contribution < 1.29 is 52.6 Å². The molecule has 0 saturated heterocycles.